The van der Waals surface area contributed by atoms with Gasteiger partial charge >= 0.3 is 0 Å². The largest absolute Gasteiger partial charge is 0.307 e. The van der Waals surface area contributed by atoms with Crippen LogP contribution >= 0.6 is 11.6 Å². The Morgan fingerprint density at radius 2 is 1.92 bits per heavy atom. The van der Waals surface area contributed by atoms with Gasteiger partial charge in [-0.3, -0.25) is 4.79 Å². The molecule has 0 bridgehead atoms. The molecule has 5 nitrogen and oxygen atoms in total. The first-order chi connectivity index (χ1) is 12.7. The number of hydrogen-bond acceptors (Lipinski definition) is 3. The van der Waals surface area contributed by atoms with Gasteiger partial charge in [0.1, 0.15) is 5.82 Å². The number of nitrogens with zero attached hydrogens (tertiary/aromatic N) is 3. The number of rotatable bonds is 5. The minimum atomic E-state index is -0.195. The van der Waals surface area contributed by atoms with E-state index in [9.17, 15) is 4.79 Å². The van der Waals surface area contributed by atoms with E-state index < -0.39 is 0 Å². The predicted octanol–water partition coefficient (Wildman–Crippen LogP) is 4.23. The lowest BCUT2D eigenvalue weighted by atomic mass is 9.84. The highest BCUT2D eigenvalue weighted by Crippen LogP contribution is 2.30. The fourth-order valence-corrected chi connectivity index (χ4v) is 4.14. The molecule has 26 heavy (non-hydrogen) atoms. The van der Waals surface area contributed by atoms with E-state index in [4.69, 9.17) is 11.6 Å². The Hall–Kier alpha value is -1.85. The molecule has 0 spiro atoms. The van der Waals surface area contributed by atoms with Gasteiger partial charge in [0.05, 0.1) is 22.8 Å². The number of halogens is 1. The average molecular weight is 373 g/mol. The van der Waals surface area contributed by atoms with Crippen molar-refractivity contribution in [3.63, 3.8) is 0 Å². The summed E-state index contributed by atoms with van der Waals surface area (Å²) in [6, 6.07) is 9.29. The van der Waals surface area contributed by atoms with Crippen LogP contribution in [0.3, 0.4) is 0 Å². The molecular formula is C20H25ClN4O. The number of anilines is 1. The molecule has 1 N–H and O–H groups in total. The zero-order valence-electron chi connectivity index (χ0n) is 14.9. The number of likely N-dealkylation sites (tertiary alicyclic amines) is 1. The maximum atomic E-state index is 12.5. The molecule has 1 aromatic carbocycles. The summed E-state index contributed by atoms with van der Waals surface area (Å²) in [6.45, 7) is 3.47. The SMILES string of the molecule is O=C(Nc1ccnn1C1CCN(CC2CCC2)CC1)c1ccccc1Cl. The summed E-state index contributed by atoms with van der Waals surface area (Å²) >= 11 is 6.13. The topological polar surface area (TPSA) is 50.2 Å². The van der Waals surface area contributed by atoms with Crippen LogP contribution in [0.1, 0.15) is 48.5 Å². The predicted molar refractivity (Wildman–Crippen MR) is 104 cm³/mol. The van der Waals surface area contributed by atoms with Crippen LogP contribution in [0.15, 0.2) is 36.5 Å². The van der Waals surface area contributed by atoms with E-state index in [1.165, 1.54) is 25.8 Å². The lowest BCUT2D eigenvalue weighted by Crippen LogP contribution is -2.39. The Morgan fingerprint density at radius 1 is 1.15 bits per heavy atom. The minimum Gasteiger partial charge on any atom is -0.307 e. The van der Waals surface area contributed by atoms with Crippen molar-refractivity contribution in [3.8, 4) is 0 Å². The molecule has 1 amide bonds. The maximum Gasteiger partial charge on any atom is 0.258 e. The van der Waals surface area contributed by atoms with Crippen LogP contribution in [-0.2, 0) is 0 Å². The number of piperidine rings is 1. The van der Waals surface area contributed by atoms with Crippen molar-refractivity contribution in [3.05, 3.63) is 47.1 Å². The second-order valence-electron chi connectivity index (χ2n) is 7.42. The molecule has 0 radical (unpaired) electrons. The van der Waals surface area contributed by atoms with Crippen LogP contribution < -0.4 is 5.32 Å². The third-order valence-electron chi connectivity index (χ3n) is 5.67. The molecule has 2 aliphatic rings. The van der Waals surface area contributed by atoms with Gasteiger partial charge in [-0.25, -0.2) is 4.68 Å². The van der Waals surface area contributed by atoms with Gasteiger partial charge in [0, 0.05) is 25.7 Å². The van der Waals surface area contributed by atoms with E-state index in [-0.39, 0.29) is 5.91 Å². The fourth-order valence-electron chi connectivity index (χ4n) is 3.92. The molecule has 6 heteroatoms. The molecule has 1 aliphatic carbocycles. The molecule has 2 fully saturated rings. The summed E-state index contributed by atoms with van der Waals surface area (Å²) in [7, 11) is 0. The van der Waals surface area contributed by atoms with Crippen LogP contribution in [0, 0.1) is 5.92 Å². The lowest BCUT2D eigenvalue weighted by Gasteiger charge is -2.37. The first-order valence-electron chi connectivity index (χ1n) is 9.52. The number of hydrogen-bond donors (Lipinski definition) is 1. The molecule has 0 atom stereocenters. The molecule has 2 heterocycles. The first-order valence-corrected chi connectivity index (χ1v) is 9.90. The molecular weight excluding hydrogens is 348 g/mol. The standard InChI is InChI=1S/C20H25ClN4O/c21-18-7-2-1-6-17(18)20(26)23-19-8-11-22-25(19)16-9-12-24(13-10-16)14-15-4-3-5-15/h1-2,6-8,11,15-16H,3-5,9-10,12-14H2,(H,23,26). The Kier molecular flexibility index (Phi) is 5.27. The van der Waals surface area contributed by atoms with Gasteiger partial charge in [-0.1, -0.05) is 30.2 Å². The zero-order chi connectivity index (χ0) is 17.9. The number of carbonyl (C=O) groups excluding carboxylic acids is 1. The third kappa shape index (κ3) is 3.79. The van der Waals surface area contributed by atoms with E-state index in [1.807, 2.05) is 22.9 Å². The van der Waals surface area contributed by atoms with Crippen molar-refractivity contribution in [1.82, 2.24) is 14.7 Å². The van der Waals surface area contributed by atoms with Crippen LogP contribution in [0.2, 0.25) is 5.02 Å². The minimum absolute atomic E-state index is 0.195. The van der Waals surface area contributed by atoms with Gasteiger partial charge in [0.25, 0.3) is 5.91 Å². The molecule has 1 aromatic heterocycles. The summed E-state index contributed by atoms with van der Waals surface area (Å²) < 4.78 is 1.97. The quantitative estimate of drug-likeness (QED) is 0.854. The maximum absolute atomic E-state index is 12.5. The molecule has 1 aliphatic heterocycles. The summed E-state index contributed by atoms with van der Waals surface area (Å²) in [5.74, 6) is 1.47. The number of carbonyl (C=O) groups is 1. The van der Waals surface area contributed by atoms with Crippen LogP contribution in [0.25, 0.3) is 0 Å². The van der Waals surface area contributed by atoms with Crippen molar-refractivity contribution < 1.29 is 4.79 Å². The molecule has 138 valence electrons. The number of amides is 1. The van der Waals surface area contributed by atoms with Crippen molar-refractivity contribution >= 4 is 23.3 Å². The summed E-state index contributed by atoms with van der Waals surface area (Å²) in [4.78, 5) is 15.1. The highest BCUT2D eigenvalue weighted by atomic mass is 35.5. The summed E-state index contributed by atoms with van der Waals surface area (Å²) in [6.07, 6.45) is 8.10. The van der Waals surface area contributed by atoms with Crippen molar-refractivity contribution in [1.29, 1.82) is 0 Å². The first kappa shape index (κ1) is 17.6. The Balaban J connectivity index is 1.38. The van der Waals surface area contributed by atoms with Crippen molar-refractivity contribution in [2.24, 2.45) is 5.92 Å². The normalized spacial score (nSPS) is 19.3. The average Bonchev–Trinajstić information content (AvgIpc) is 3.07. The Morgan fingerprint density at radius 3 is 2.62 bits per heavy atom. The Labute approximate surface area is 159 Å². The molecule has 2 aromatic rings. The monoisotopic (exact) mass is 372 g/mol. The van der Waals surface area contributed by atoms with E-state index in [0.717, 1.165) is 37.7 Å². The summed E-state index contributed by atoms with van der Waals surface area (Å²) in [5.41, 5.74) is 0.484. The smallest absolute Gasteiger partial charge is 0.258 e. The second kappa shape index (κ2) is 7.80. The van der Waals surface area contributed by atoms with E-state index >= 15 is 0 Å². The van der Waals surface area contributed by atoms with E-state index in [2.05, 4.69) is 15.3 Å². The highest BCUT2D eigenvalue weighted by molar-refractivity contribution is 6.34. The molecule has 1 saturated carbocycles. The second-order valence-corrected chi connectivity index (χ2v) is 7.83. The molecule has 0 unspecified atom stereocenters. The summed E-state index contributed by atoms with van der Waals surface area (Å²) in [5, 5.41) is 7.90. The van der Waals surface area contributed by atoms with E-state index in [0.29, 0.717) is 16.6 Å². The lowest BCUT2D eigenvalue weighted by molar-refractivity contribution is 0.102. The molecule has 1 saturated heterocycles. The number of benzene rings is 1. The number of aromatic nitrogens is 2. The molecule has 4 rings (SSSR count). The Bertz CT molecular complexity index is 763. The van der Waals surface area contributed by atoms with E-state index in [1.54, 1.807) is 18.3 Å². The van der Waals surface area contributed by atoms with Crippen molar-refractivity contribution in [2.75, 3.05) is 25.0 Å². The van der Waals surface area contributed by atoms with Crippen molar-refractivity contribution in [2.45, 2.75) is 38.1 Å². The fraction of sp³-hybridized carbons (Fsp3) is 0.500. The van der Waals surface area contributed by atoms with Crippen LogP contribution in [0.4, 0.5) is 5.82 Å². The van der Waals surface area contributed by atoms with Crippen LogP contribution in [0.5, 0.6) is 0 Å². The highest BCUT2D eigenvalue weighted by Gasteiger charge is 2.26. The number of nitrogens with one attached hydrogen (secondary N) is 1. The zero-order valence-corrected chi connectivity index (χ0v) is 15.7. The van der Waals surface area contributed by atoms with Gasteiger partial charge in [-0.15, -0.1) is 0 Å². The van der Waals surface area contributed by atoms with Gasteiger partial charge in [-0.05, 0) is 43.7 Å². The van der Waals surface area contributed by atoms with Gasteiger partial charge < -0.3 is 10.2 Å². The third-order valence-corrected chi connectivity index (χ3v) is 6.00. The van der Waals surface area contributed by atoms with Gasteiger partial charge in [0.15, 0.2) is 0 Å². The van der Waals surface area contributed by atoms with Gasteiger partial charge in [-0.2, -0.15) is 5.10 Å². The van der Waals surface area contributed by atoms with Gasteiger partial charge in [0.2, 0.25) is 0 Å². The van der Waals surface area contributed by atoms with Crippen LogP contribution in [-0.4, -0.2) is 40.2 Å².